The fraction of sp³-hybridized carbons (Fsp3) is 0.929. The van der Waals surface area contributed by atoms with Gasteiger partial charge >= 0.3 is 0 Å². The zero-order valence-electron chi connectivity index (χ0n) is 11.1. The topological polar surface area (TPSA) is 24.4 Å². The van der Waals surface area contributed by atoms with Crippen LogP contribution < -0.4 is 5.32 Å². The van der Waals surface area contributed by atoms with Crippen molar-refractivity contribution in [3.05, 3.63) is 0 Å². The highest BCUT2D eigenvalue weighted by atomic mass is 32.2. The van der Waals surface area contributed by atoms with Crippen LogP contribution in [0.1, 0.15) is 64.7 Å². The summed E-state index contributed by atoms with van der Waals surface area (Å²) in [5.74, 6) is 1.25. The average Bonchev–Trinajstić information content (AvgIpc) is 2.73. The highest BCUT2D eigenvalue weighted by molar-refractivity contribution is 8.14. The largest absolute Gasteiger partial charge is 0.359 e. The molecular weight excluding hydrogens is 228 g/mol. The summed E-state index contributed by atoms with van der Waals surface area (Å²) in [4.78, 5) is 4.71. The molecule has 1 aliphatic heterocycles. The van der Waals surface area contributed by atoms with Crippen molar-refractivity contribution >= 4 is 16.9 Å². The van der Waals surface area contributed by atoms with Gasteiger partial charge in [-0.05, 0) is 19.3 Å². The minimum absolute atomic E-state index is 0.422. The Morgan fingerprint density at radius 1 is 1.18 bits per heavy atom. The first kappa shape index (κ1) is 13.3. The third-order valence-corrected chi connectivity index (χ3v) is 5.14. The number of thioether (sulfide) groups is 1. The minimum atomic E-state index is 0.422. The Balaban J connectivity index is 1.71. The molecule has 0 radical (unpaired) electrons. The van der Waals surface area contributed by atoms with Gasteiger partial charge in [-0.1, -0.05) is 57.2 Å². The van der Waals surface area contributed by atoms with Gasteiger partial charge in [0.15, 0.2) is 5.17 Å². The van der Waals surface area contributed by atoms with Crippen LogP contribution in [0.15, 0.2) is 4.99 Å². The molecule has 98 valence electrons. The lowest BCUT2D eigenvalue weighted by Gasteiger charge is -2.32. The smallest absolute Gasteiger partial charge is 0.157 e. The predicted octanol–water partition coefficient (Wildman–Crippen LogP) is 3.96. The van der Waals surface area contributed by atoms with Crippen molar-refractivity contribution in [2.75, 3.05) is 12.3 Å². The molecule has 2 fully saturated rings. The van der Waals surface area contributed by atoms with E-state index in [1.54, 1.807) is 0 Å². The molecule has 1 N–H and O–H groups in total. The zero-order chi connectivity index (χ0) is 12.0. The first-order valence-corrected chi connectivity index (χ1v) is 8.29. The molecule has 0 atom stereocenters. The second-order valence-electron chi connectivity index (χ2n) is 5.50. The predicted molar refractivity (Wildman–Crippen MR) is 77.9 cm³/mol. The van der Waals surface area contributed by atoms with Gasteiger partial charge in [0.1, 0.15) is 0 Å². The number of aliphatic imine (C=N–C) groups is 1. The van der Waals surface area contributed by atoms with E-state index in [1.165, 1.54) is 68.7 Å². The van der Waals surface area contributed by atoms with Gasteiger partial charge in [-0.3, -0.25) is 4.99 Å². The molecule has 0 amide bonds. The van der Waals surface area contributed by atoms with E-state index in [2.05, 4.69) is 12.2 Å². The summed E-state index contributed by atoms with van der Waals surface area (Å²) >= 11 is 1.95. The number of nitrogens with zero attached hydrogens (tertiary/aromatic N) is 1. The van der Waals surface area contributed by atoms with Crippen LogP contribution in [0.25, 0.3) is 0 Å². The number of amidine groups is 1. The van der Waals surface area contributed by atoms with Crippen LogP contribution in [-0.2, 0) is 0 Å². The molecule has 2 rings (SSSR count). The zero-order valence-corrected chi connectivity index (χ0v) is 12.0. The Labute approximate surface area is 110 Å². The molecule has 2 aliphatic rings. The van der Waals surface area contributed by atoms with Gasteiger partial charge in [0, 0.05) is 17.8 Å². The summed E-state index contributed by atoms with van der Waals surface area (Å²) in [6.45, 7) is 3.28. The summed E-state index contributed by atoms with van der Waals surface area (Å²) in [6, 6.07) is 0. The van der Waals surface area contributed by atoms with E-state index in [9.17, 15) is 0 Å². The van der Waals surface area contributed by atoms with Crippen LogP contribution in [0.5, 0.6) is 0 Å². The number of unbranched alkanes of at least 4 members (excludes halogenated alkanes) is 3. The van der Waals surface area contributed by atoms with E-state index in [0.29, 0.717) is 5.54 Å². The van der Waals surface area contributed by atoms with Gasteiger partial charge in [0.2, 0.25) is 0 Å². The van der Waals surface area contributed by atoms with Crippen molar-refractivity contribution in [3.63, 3.8) is 0 Å². The Morgan fingerprint density at radius 3 is 2.76 bits per heavy atom. The van der Waals surface area contributed by atoms with Gasteiger partial charge in [-0.2, -0.15) is 0 Å². The van der Waals surface area contributed by atoms with E-state index >= 15 is 0 Å². The molecule has 1 heterocycles. The van der Waals surface area contributed by atoms with Crippen molar-refractivity contribution in [2.45, 2.75) is 70.3 Å². The molecule has 0 aromatic rings. The van der Waals surface area contributed by atoms with Gasteiger partial charge < -0.3 is 5.32 Å². The molecular formula is C14H26N2S. The van der Waals surface area contributed by atoms with E-state index < -0.39 is 0 Å². The number of hydrogen-bond acceptors (Lipinski definition) is 2. The standard InChI is InChI=1S/C14H26N2S/c1-2-3-4-8-11-15-13-16-14(12-17-13)9-6-5-7-10-14/h2-12H2,1H3,(H,15,16). The van der Waals surface area contributed by atoms with Gasteiger partial charge in [-0.25, -0.2) is 0 Å². The summed E-state index contributed by atoms with van der Waals surface area (Å²) in [5, 5.41) is 4.94. The second kappa shape index (κ2) is 6.67. The summed E-state index contributed by atoms with van der Waals surface area (Å²) < 4.78 is 0. The molecule has 3 heteroatoms. The van der Waals surface area contributed by atoms with Crippen molar-refractivity contribution < 1.29 is 0 Å². The molecule has 0 aromatic heterocycles. The fourth-order valence-electron chi connectivity index (χ4n) is 2.81. The van der Waals surface area contributed by atoms with E-state index in [0.717, 1.165) is 6.54 Å². The van der Waals surface area contributed by atoms with Crippen molar-refractivity contribution in [1.82, 2.24) is 5.32 Å². The van der Waals surface area contributed by atoms with Gasteiger partial charge in [0.25, 0.3) is 0 Å². The third kappa shape index (κ3) is 3.90. The first-order chi connectivity index (χ1) is 8.35. The fourth-order valence-corrected chi connectivity index (χ4v) is 4.05. The second-order valence-corrected chi connectivity index (χ2v) is 6.47. The summed E-state index contributed by atoms with van der Waals surface area (Å²) in [6.07, 6.45) is 12.2. The lowest BCUT2D eigenvalue weighted by atomic mass is 9.83. The maximum Gasteiger partial charge on any atom is 0.157 e. The van der Waals surface area contributed by atoms with E-state index in [4.69, 9.17) is 4.99 Å². The maximum atomic E-state index is 4.71. The molecule has 0 aromatic carbocycles. The minimum Gasteiger partial charge on any atom is -0.359 e. The molecule has 0 unspecified atom stereocenters. The highest BCUT2D eigenvalue weighted by Gasteiger charge is 2.37. The Bertz CT molecular complexity index is 257. The van der Waals surface area contributed by atoms with Crippen LogP contribution in [0.4, 0.5) is 0 Å². The Kier molecular flexibility index (Phi) is 5.20. The number of rotatable bonds is 5. The van der Waals surface area contributed by atoms with E-state index in [-0.39, 0.29) is 0 Å². The third-order valence-electron chi connectivity index (χ3n) is 3.94. The normalized spacial score (nSPS) is 25.4. The monoisotopic (exact) mass is 254 g/mol. The van der Waals surface area contributed by atoms with Crippen LogP contribution >= 0.6 is 11.8 Å². The van der Waals surface area contributed by atoms with Crippen LogP contribution in [-0.4, -0.2) is 23.0 Å². The average molecular weight is 254 g/mol. The summed E-state index contributed by atoms with van der Waals surface area (Å²) in [7, 11) is 0. The number of nitrogens with one attached hydrogen (secondary N) is 1. The molecule has 1 aliphatic carbocycles. The van der Waals surface area contributed by atoms with Crippen molar-refractivity contribution in [1.29, 1.82) is 0 Å². The first-order valence-electron chi connectivity index (χ1n) is 7.30. The quantitative estimate of drug-likeness (QED) is 0.751. The molecule has 1 saturated carbocycles. The Morgan fingerprint density at radius 2 is 2.00 bits per heavy atom. The van der Waals surface area contributed by atoms with Crippen molar-refractivity contribution in [3.8, 4) is 0 Å². The van der Waals surface area contributed by atoms with Crippen LogP contribution in [0.2, 0.25) is 0 Å². The van der Waals surface area contributed by atoms with Crippen LogP contribution in [0.3, 0.4) is 0 Å². The lowest BCUT2D eigenvalue weighted by molar-refractivity contribution is 0.303. The molecule has 0 bridgehead atoms. The van der Waals surface area contributed by atoms with Gasteiger partial charge in [0.05, 0.1) is 0 Å². The highest BCUT2D eigenvalue weighted by Crippen LogP contribution is 2.36. The maximum absolute atomic E-state index is 4.71. The number of hydrogen-bond donors (Lipinski definition) is 1. The van der Waals surface area contributed by atoms with Crippen LogP contribution in [0, 0.1) is 0 Å². The lowest BCUT2D eigenvalue weighted by Crippen LogP contribution is -2.45. The molecule has 1 saturated heterocycles. The molecule has 1 spiro atoms. The molecule has 17 heavy (non-hydrogen) atoms. The molecule has 2 nitrogen and oxygen atoms in total. The SMILES string of the molecule is CCCCCCN=C1NC2(CCCCC2)CS1. The Hall–Kier alpha value is -0.180. The van der Waals surface area contributed by atoms with Crippen molar-refractivity contribution in [2.24, 2.45) is 4.99 Å². The van der Waals surface area contributed by atoms with Gasteiger partial charge in [-0.15, -0.1) is 0 Å². The van der Waals surface area contributed by atoms with E-state index in [1.807, 2.05) is 11.8 Å². The summed E-state index contributed by atoms with van der Waals surface area (Å²) in [5.41, 5.74) is 0.422.